The van der Waals surface area contributed by atoms with Gasteiger partial charge in [-0.1, -0.05) is 0 Å². The maximum Gasteiger partial charge on any atom is 0.196 e. The molecule has 0 radical (unpaired) electrons. The monoisotopic (exact) mass is 184 g/mol. The number of rotatable bonds is 1. The molecule has 1 N–H and O–H groups in total. The van der Waals surface area contributed by atoms with Gasteiger partial charge in [0.05, 0.1) is 13.2 Å². The molecule has 0 aliphatic carbocycles. The van der Waals surface area contributed by atoms with E-state index in [-0.39, 0.29) is 6.29 Å². The van der Waals surface area contributed by atoms with Crippen LogP contribution in [0.25, 0.3) is 0 Å². The molecule has 1 fully saturated rings. The van der Waals surface area contributed by atoms with E-state index < -0.39 is 0 Å². The van der Waals surface area contributed by atoms with Crippen molar-refractivity contribution in [1.82, 2.24) is 9.97 Å². The van der Waals surface area contributed by atoms with Gasteiger partial charge in [0, 0.05) is 18.0 Å². The van der Waals surface area contributed by atoms with E-state index in [1.807, 2.05) is 0 Å². The first-order valence-corrected chi connectivity index (χ1v) is 4.05. The van der Waals surface area contributed by atoms with E-state index in [1.165, 1.54) is 0 Å². The van der Waals surface area contributed by atoms with Crippen molar-refractivity contribution < 1.29 is 9.47 Å². The average Bonchev–Trinajstić information content (AvgIpc) is 2.58. The van der Waals surface area contributed by atoms with E-state index in [0.717, 1.165) is 5.56 Å². The molecule has 1 aliphatic rings. The fraction of sp³-hybridized carbons (Fsp3) is 0.429. The van der Waals surface area contributed by atoms with Gasteiger partial charge >= 0.3 is 0 Å². The fourth-order valence-electron chi connectivity index (χ4n) is 1.03. The van der Waals surface area contributed by atoms with Gasteiger partial charge in [0.1, 0.15) is 0 Å². The number of ether oxygens (including phenoxy) is 2. The van der Waals surface area contributed by atoms with E-state index in [2.05, 4.69) is 9.97 Å². The Bertz CT molecular complexity index is 299. The van der Waals surface area contributed by atoms with Crippen LogP contribution in [0.15, 0.2) is 12.4 Å². The minimum Gasteiger partial charge on any atom is -0.346 e. The summed E-state index contributed by atoms with van der Waals surface area (Å²) in [6.45, 7) is 1.28. The molecule has 1 saturated heterocycles. The smallest absolute Gasteiger partial charge is 0.196 e. The van der Waals surface area contributed by atoms with Crippen LogP contribution < -0.4 is 0 Å². The predicted octanol–water partition coefficient (Wildman–Crippen LogP) is 1.18. The van der Waals surface area contributed by atoms with Crippen LogP contribution >= 0.6 is 12.2 Å². The summed E-state index contributed by atoms with van der Waals surface area (Å²) in [5.74, 6) is 0. The summed E-state index contributed by atoms with van der Waals surface area (Å²) in [5, 5.41) is 0. The number of aromatic nitrogens is 2. The van der Waals surface area contributed by atoms with Crippen molar-refractivity contribution in [2.45, 2.75) is 6.29 Å². The van der Waals surface area contributed by atoms with Gasteiger partial charge in [-0.25, -0.2) is 4.98 Å². The molecular weight excluding hydrogens is 176 g/mol. The number of hydrogen-bond acceptors (Lipinski definition) is 4. The summed E-state index contributed by atoms with van der Waals surface area (Å²) >= 11 is 4.80. The number of aromatic amines is 1. The van der Waals surface area contributed by atoms with Gasteiger partial charge in [0.15, 0.2) is 11.1 Å². The van der Waals surface area contributed by atoms with Gasteiger partial charge in [0.25, 0.3) is 0 Å². The molecule has 0 bridgehead atoms. The molecule has 2 heterocycles. The van der Waals surface area contributed by atoms with Gasteiger partial charge in [-0.05, 0) is 12.2 Å². The van der Waals surface area contributed by atoms with Crippen LogP contribution in [0.4, 0.5) is 0 Å². The van der Waals surface area contributed by atoms with E-state index in [0.29, 0.717) is 18.0 Å². The minimum atomic E-state index is -0.274. The normalized spacial score (nSPS) is 18.3. The highest BCUT2D eigenvalue weighted by molar-refractivity contribution is 7.71. The number of nitrogens with zero attached hydrogens (tertiary/aromatic N) is 1. The standard InChI is InChI=1S/C7H8N2O2S/c12-7-8-3-5(4-9-7)6-10-1-2-11-6/h3-4,6H,1-2H2,(H,8,9,12). The van der Waals surface area contributed by atoms with Gasteiger partial charge in [-0.2, -0.15) is 0 Å². The van der Waals surface area contributed by atoms with E-state index in [1.54, 1.807) is 12.4 Å². The highest BCUT2D eigenvalue weighted by atomic mass is 32.1. The molecule has 1 aromatic heterocycles. The molecule has 2 rings (SSSR count). The maximum atomic E-state index is 5.26. The second kappa shape index (κ2) is 3.30. The molecule has 0 unspecified atom stereocenters. The summed E-state index contributed by atoms with van der Waals surface area (Å²) in [6, 6.07) is 0. The average molecular weight is 184 g/mol. The zero-order valence-corrected chi connectivity index (χ0v) is 7.13. The number of hydrogen-bond donors (Lipinski definition) is 1. The Kier molecular flexibility index (Phi) is 2.16. The quantitative estimate of drug-likeness (QED) is 0.666. The highest BCUT2D eigenvalue weighted by Crippen LogP contribution is 2.20. The van der Waals surface area contributed by atoms with Crippen LogP contribution in [0.2, 0.25) is 0 Å². The molecule has 0 aromatic carbocycles. The second-order valence-corrected chi connectivity index (χ2v) is 2.81. The third-order valence-electron chi connectivity index (χ3n) is 1.59. The van der Waals surface area contributed by atoms with Gasteiger partial charge in [-0.15, -0.1) is 0 Å². The Balaban J connectivity index is 2.22. The Labute approximate surface area is 74.5 Å². The minimum absolute atomic E-state index is 0.274. The Morgan fingerprint density at radius 1 is 1.50 bits per heavy atom. The van der Waals surface area contributed by atoms with Gasteiger partial charge < -0.3 is 14.5 Å². The lowest BCUT2D eigenvalue weighted by molar-refractivity contribution is -0.0446. The molecule has 12 heavy (non-hydrogen) atoms. The molecule has 4 nitrogen and oxygen atoms in total. The Hall–Kier alpha value is -0.780. The summed E-state index contributed by atoms with van der Waals surface area (Å²) in [5.41, 5.74) is 0.876. The van der Waals surface area contributed by atoms with Crippen molar-refractivity contribution in [3.8, 4) is 0 Å². The fourth-order valence-corrected chi connectivity index (χ4v) is 1.14. The van der Waals surface area contributed by atoms with Gasteiger partial charge in [0.2, 0.25) is 0 Å². The van der Waals surface area contributed by atoms with Crippen LogP contribution in [-0.4, -0.2) is 23.2 Å². The van der Waals surface area contributed by atoms with Crippen LogP contribution in [0.1, 0.15) is 11.9 Å². The molecule has 1 aromatic rings. The molecule has 64 valence electrons. The third kappa shape index (κ3) is 1.52. The molecule has 5 heteroatoms. The first-order valence-electron chi connectivity index (χ1n) is 3.64. The van der Waals surface area contributed by atoms with Gasteiger partial charge in [-0.3, -0.25) is 0 Å². The lowest BCUT2D eigenvalue weighted by Crippen LogP contribution is -1.99. The second-order valence-electron chi connectivity index (χ2n) is 2.43. The summed E-state index contributed by atoms with van der Waals surface area (Å²) < 4.78 is 11.0. The molecule has 0 saturated carbocycles. The maximum absolute atomic E-state index is 5.26. The van der Waals surface area contributed by atoms with Crippen LogP contribution in [0, 0.1) is 4.77 Å². The Morgan fingerprint density at radius 2 is 2.25 bits per heavy atom. The molecule has 0 amide bonds. The zero-order valence-electron chi connectivity index (χ0n) is 6.32. The van der Waals surface area contributed by atoms with Crippen molar-refractivity contribution in [3.63, 3.8) is 0 Å². The third-order valence-corrected chi connectivity index (χ3v) is 1.81. The highest BCUT2D eigenvalue weighted by Gasteiger charge is 2.17. The summed E-state index contributed by atoms with van der Waals surface area (Å²) in [4.78, 5) is 6.74. The van der Waals surface area contributed by atoms with Crippen LogP contribution in [0.3, 0.4) is 0 Å². The van der Waals surface area contributed by atoms with E-state index in [9.17, 15) is 0 Å². The topological polar surface area (TPSA) is 47.1 Å². The van der Waals surface area contributed by atoms with E-state index in [4.69, 9.17) is 21.7 Å². The van der Waals surface area contributed by atoms with Crippen molar-refractivity contribution in [1.29, 1.82) is 0 Å². The van der Waals surface area contributed by atoms with Crippen molar-refractivity contribution in [2.24, 2.45) is 0 Å². The largest absolute Gasteiger partial charge is 0.346 e. The molecular formula is C7H8N2O2S. The Morgan fingerprint density at radius 3 is 2.83 bits per heavy atom. The molecule has 0 atom stereocenters. The van der Waals surface area contributed by atoms with Crippen LogP contribution in [-0.2, 0) is 9.47 Å². The number of H-pyrrole nitrogens is 1. The van der Waals surface area contributed by atoms with Crippen molar-refractivity contribution >= 4 is 12.2 Å². The first kappa shape index (κ1) is 7.85. The SMILES string of the molecule is S=c1ncc(C2OCCO2)c[nH]1. The van der Waals surface area contributed by atoms with E-state index >= 15 is 0 Å². The first-order chi connectivity index (χ1) is 5.86. The zero-order chi connectivity index (χ0) is 8.39. The number of nitrogens with one attached hydrogen (secondary N) is 1. The lowest BCUT2D eigenvalue weighted by atomic mass is 10.3. The lowest BCUT2D eigenvalue weighted by Gasteiger charge is -2.06. The summed E-state index contributed by atoms with van der Waals surface area (Å²) in [7, 11) is 0. The van der Waals surface area contributed by atoms with Crippen molar-refractivity contribution in [2.75, 3.05) is 13.2 Å². The van der Waals surface area contributed by atoms with Crippen molar-refractivity contribution in [3.05, 3.63) is 22.7 Å². The summed E-state index contributed by atoms with van der Waals surface area (Å²) in [6.07, 6.45) is 3.14. The predicted molar refractivity (Wildman–Crippen MR) is 44.1 cm³/mol. The van der Waals surface area contributed by atoms with Crippen LogP contribution in [0.5, 0.6) is 0 Å². The molecule has 1 aliphatic heterocycles. The molecule has 0 spiro atoms.